The minimum Gasteiger partial charge on any atom is -0.376 e. The minimum absolute atomic E-state index is 0.0534. The number of halogens is 3. The van der Waals surface area contributed by atoms with E-state index < -0.39 is 5.60 Å². The molecular formula is C37H37I3OS12. The summed E-state index contributed by atoms with van der Waals surface area (Å²) in [5, 5.41) is 15.4. The lowest BCUT2D eigenvalue weighted by atomic mass is 9.79. The summed E-state index contributed by atoms with van der Waals surface area (Å²) in [4.78, 5) is 15.8. The Morgan fingerprint density at radius 2 is 0.434 bits per heavy atom. The molecule has 0 unspecified atom stereocenters. The first-order valence-electron chi connectivity index (χ1n) is 16.9. The average Bonchev–Trinajstić information content (AvgIpc) is 3.81. The van der Waals surface area contributed by atoms with Gasteiger partial charge in [-0.25, -0.2) is 0 Å². The molecule has 1 N–H and O–H groups in total. The van der Waals surface area contributed by atoms with Gasteiger partial charge in [-0.15, -0.1) is 141 Å². The maximum atomic E-state index is 15.4. The number of thioether (sulfide) groups is 12. The number of hydrogen-bond donors (Lipinski definition) is 1. The van der Waals surface area contributed by atoms with Crippen molar-refractivity contribution < 1.29 is 5.11 Å². The van der Waals surface area contributed by atoms with E-state index in [0.717, 1.165) is 16.7 Å². The molecule has 16 heteroatoms. The maximum Gasteiger partial charge on any atom is 0.147 e. The monoisotopic (exact) mass is 1260 g/mol. The smallest absolute Gasteiger partial charge is 0.147 e. The molecule has 1 nitrogen and oxygen atoms in total. The van der Waals surface area contributed by atoms with E-state index in [1.54, 1.807) is 0 Å². The molecule has 3 aromatic rings. The molecule has 53 heavy (non-hydrogen) atoms. The van der Waals surface area contributed by atoms with Crippen LogP contribution in [0.1, 0.15) is 99.8 Å². The maximum absolute atomic E-state index is 15.4. The van der Waals surface area contributed by atoms with Gasteiger partial charge in [-0.2, -0.15) is 0 Å². The van der Waals surface area contributed by atoms with Gasteiger partial charge >= 0.3 is 0 Å². The highest BCUT2D eigenvalue weighted by atomic mass is 127. The second-order valence-corrected chi connectivity index (χ2v) is 40.7. The summed E-state index contributed by atoms with van der Waals surface area (Å²) in [6.07, 6.45) is 0. The molecule has 0 bridgehead atoms. The molecule has 3 aromatic carbocycles. The zero-order valence-corrected chi connectivity index (χ0v) is 47.3. The molecule has 0 spiro atoms. The van der Waals surface area contributed by atoms with Crippen LogP contribution >= 0.6 is 209 Å². The highest BCUT2D eigenvalue weighted by molar-refractivity contribution is 14.1. The first-order valence-corrected chi connectivity index (χ1v) is 30.0. The lowest BCUT2D eigenvalue weighted by molar-refractivity contribution is 0.105. The van der Waals surface area contributed by atoms with Crippen molar-refractivity contribution in [2.45, 2.75) is 172 Å². The molecular weight excluding hydrogens is 1230 g/mol. The Morgan fingerprint density at radius 3 is 0.585 bits per heavy atom. The number of fused-ring (bicyclic) bond motifs is 6. The zero-order valence-electron chi connectivity index (χ0n) is 31.0. The number of aliphatic hydroxyl groups is 1. The summed E-state index contributed by atoms with van der Waals surface area (Å²) in [5.41, 5.74) is 2.01. The summed E-state index contributed by atoms with van der Waals surface area (Å²) in [6.45, 7) is 28.4. The first kappa shape index (κ1) is 42.3. The SMILES string of the molecule is CC1(C)Sc2c(I)c3c(c(C(O)(c4c5c(c(I)c6c4SC(C)(C)S6)SC(C)(C)S5)c4c5c(c(I)c6c4SC(C)(C)S6)SC(C)(C)S5)c2S1)SC(C)(C)S3. The molecule has 6 aliphatic heterocycles. The average molecular weight is 1260 g/mol. The van der Waals surface area contributed by atoms with E-state index in [0.29, 0.717) is 0 Å². The molecule has 284 valence electrons. The van der Waals surface area contributed by atoms with E-state index in [1.807, 2.05) is 141 Å². The van der Waals surface area contributed by atoms with E-state index >= 15 is 5.11 Å². The Hall–Kier alpha value is 4.01. The van der Waals surface area contributed by atoms with Gasteiger partial charge in [0.15, 0.2) is 0 Å². The van der Waals surface area contributed by atoms with E-state index in [4.69, 9.17) is 0 Å². The van der Waals surface area contributed by atoms with Crippen LogP contribution in [0, 0.1) is 10.7 Å². The van der Waals surface area contributed by atoms with Crippen molar-refractivity contribution >= 4 is 209 Å². The van der Waals surface area contributed by atoms with Crippen molar-refractivity contribution in [1.29, 1.82) is 0 Å². The molecule has 0 saturated heterocycles. The van der Waals surface area contributed by atoms with Gasteiger partial charge in [0.1, 0.15) is 5.60 Å². The van der Waals surface area contributed by atoms with Crippen molar-refractivity contribution in [2.75, 3.05) is 0 Å². The van der Waals surface area contributed by atoms with Crippen LogP contribution in [0.15, 0.2) is 58.7 Å². The molecule has 0 aliphatic carbocycles. The zero-order chi connectivity index (χ0) is 38.4. The van der Waals surface area contributed by atoms with Gasteiger partial charge < -0.3 is 5.11 Å². The third-order valence-electron chi connectivity index (χ3n) is 9.06. The molecule has 9 rings (SSSR count). The second kappa shape index (κ2) is 13.5. The number of hydrogen-bond acceptors (Lipinski definition) is 13. The van der Waals surface area contributed by atoms with E-state index in [-0.39, 0.29) is 24.5 Å². The molecule has 0 radical (unpaired) electrons. The molecule has 6 heterocycles. The van der Waals surface area contributed by atoms with Gasteiger partial charge in [-0.3, -0.25) is 0 Å². The summed E-state index contributed by atoms with van der Waals surface area (Å²) in [6, 6.07) is 0. The summed E-state index contributed by atoms with van der Waals surface area (Å²) < 4.78 is 3.75. The van der Waals surface area contributed by atoms with Gasteiger partial charge in [0, 0.05) is 86.1 Å². The highest BCUT2D eigenvalue weighted by Gasteiger charge is 2.57. The van der Waals surface area contributed by atoms with Crippen LogP contribution < -0.4 is 0 Å². The normalized spacial score (nSPS) is 24.2. The van der Waals surface area contributed by atoms with Gasteiger partial charge in [-0.1, -0.05) is 0 Å². The summed E-state index contributed by atoms with van der Waals surface area (Å²) in [5.74, 6) is 0. The predicted octanol–water partition coefficient (Wildman–Crippen LogP) is 17.4. The van der Waals surface area contributed by atoms with Crippen molar-refractivity contribution in [1.82, 2.24) is 0 Å². The third kappa shape index (κ3) is 6.89. The standard InChI is InChI=1S/C37H37I3OS12/c1-31(2)42-19-13(20-26(16(38)25(19)48-31)49-32(3,4)43-20)37(41,14-21-27(50-33(5,6)44-21)17(39)28-22(14)45-34(7,8)51-28)15-23-29(52-35(9,10)46-23)18(40)30-24(15)47-36(11,12)53-30/h41H,1-12H3. The largest absolute Gasteiger partial charge is 0.376 e. The molecule has 0 saturated carbocycles. The lowest BCUT2D eigenvalue weighted by Crippen LogP contribution is -2.34. The van der Waals surface area contributed by atoms with Gasteiger partial charge in [0.2, 0.25) is 0 Å². The fourth-order valence-corrected chi connectivity index (χ4v) is 29.5. The minimum atomic E-state index is -1.42. The predicted molar refractivity (Wildman–Crippen MR) is 274 cm³/mol. The number of rotatable bonds is 3. The lowest BCUT2D eigenvalue weighted by Gasteiger charge is -2.38. The molecule has 0 aromatic heterocycles. The third-order valence-corrected chi connectivity index (χ3v) is 31.5. The first-order chi connectivity index (χ1) is 24.2. The van der Waals surface area contributed by atoms with Gasteiger partial charge in [0.05, 0.1) is 24.5 Å². The van der Waals surface area contributed by atoms with Crippen molar-refractivity contribution in [3.63, 3.8) is 0 Å². The Bertz CT molecular complexity index is 1850. The topological polar surface area (TPSA) is 20.2 Å². The highest BCUT2D eigenvalue weighted by Crippen LogP contribution is 2.75. The van der Waals surface area contributed by atoms with E-state index in [1.165, 1.54) is 69.5 Å². The van der Waals surface area contributed by atoms with Crippen LogP contribution in [0.3, 0.4) is 0 Å². The molecule has 0 amide bonds. The Balaban J connectivity index is 1.52. The van der Waals surface area contributed by atoms with Gasteiger partial charge in [-0.05, 0) is 151 Å². The van der Waals surface area contributed by atoms with Gasteiger partial charge in [0.25, 0.3) is 0 Å². The fraction of sp³-hybridized carbons (Fsp3) is 0.514. The van der Waals surface area contributed by atoms with Crippen LogP contribution in [0.25, 0.3) is 0 Å². The summed E-state index contributed by atoms with van der Waals surface area (Å²) in [7, 11) is 0. The van der Waals surface area contributed by atoms with Crippen molar-refractivity contribution in [2.24, 2.45) is 0 Å². The van der Waals surface area contributed by atoms with Crippen molar-refractivity contribution in [3.8, 4) is 0 Å². The number of benzene rings is 3. The summed E-state index contributed by atoms with van der Waals surface area (Å²) >= 11 is 31.8. The van der Waals surface area contributed by atoms with E-state index in [9.17, 15) is 0 Å². The van der Waals surface area contributed by atoms with Crippen LogP contribution in [-0.4, -0.2) is 29.6 Å². The molecule has 0 fully saturated rings. The van der Waals surface area contributed by atoms with Crippen molar-refractivity contribution in [3.05, 3.63) is 27.4 Å². The van der Waals surface area contributed by atoms with Crippen LogP contribution in [-0.2, 0) is 5.60 Å². The van der Waals surface area contributed by atoms with Crippen LogP contribution in [0.5, 0.6) is 0 Å². The van der Waals surface area contributed by atoms with Crippen LogP contribution in [0.2, 0.25) is 0 Å². The quantitative estimate of drug-likeness (QED) is 0.199. The Morgan fingerprint density at radius 1 is 0.302 bits per heavy atom. The van der Waals surface area contributed by atoms with Crippen LogP contribution in [0.4, 0.5) is 0 Å². The molecule has 0 atom stereocenters. The second-order valence-electron chi connectivity index (χ2n) is 16.4. The van der Waals surface area contributed by atoms with E-state index in [2.05, 4.69) is 151 Å². The fourth-order valence-electron chi connectivity index (χ4n) is 7.46. The Labute approximate surface area is 407 Å². The molecule has 6 aliphatic rings. The Kier molecular flexibility index (Phi) is 10.8.